The normalized spacial score (nSPS) is 10.7. The SMILES string of the molecule is O=C(NCCc1nnc(-c2cccs2)o1)c1cccc(-c2ccccc2)c1. The number of aromatic nitrogens is 2. The molecule has 6 heteroatoms. The second-order valence-electron chi connectivity index (χ2n) is 5.93. The summed E-state index contributed by atoms with van der Waals surface area (Å²) in [6, 6.07) is 21.5. The number of nitrogens with one attached hydrogen (secondary N) is 1. The van der Waals surface area contributed by atoms with E-state index in [4.69, 9.17) is 4.42 Å². The Morgan fingerprint density at radius 1 is 0.963 bits per heavy atom. The monoisotopic (exact) mass is 375 g/mol. The quantitative estimate of drug-likeness (QED) is 0.541. The van der Waals surface area contributed by atoms with E-state index < -0.39 is 0 Å². The summed E-state index contributed by atoms with van der Waals surface area (Å²) in [6.07, 6.45) is 0.489. The number of rotatable bonds is 6. The van der Waals surface area contributed by atoms with Crippen LogP contribution in [0.1, 0.15) is 16.2 Å². The van der Waals surface area contributed by atoms with Crippen LogP contribution in [0.4, 0.5) is 0 Å². The van der Waals surface area contributed by atoms with E-state index in [2.05, 4.69) is 15.5 Å². The lowest BCUT2D eigenvalue weighted by Crippen LogP contribution is -2.25. The van der Waals surface area contributed by atoms with Gasteiger partial charge in [-0.25, -0.2) is 0 Å². The highest BCUT2D eigenvalue weighted by Gasteiger charge is 2.11. The van der Waals surface area contributed by atoms with E-state index in [1.165, 1.54) is 0 Å². The van der Waals surface area contributed by atoms with Gasteiger partial charge in [0.2, 0.25) is 5.89 Å². The molecule has 5 nitrogen and oxygen atoms in total. The second kappa shape index (κ2) is 7.97. The zero-order valence-corrected chi connectivity index (χ0v) is 15.3. The number of amides is 1. The van der Waals surface area contributed by atoms with E-state index in [1.807, 2.05) is 72.1 Å². The molecule has 2 aromatic heterocycles. The van der Waals surface area contributed by atoms with Crippen molar-refractivity contribution < 1.29 is 9.21 Å². The summed E-state index contributed by atoms with van der Waals surface area (Å²) in [6.45, 7) is 0.431. The van der Waals surface area contributed by atoms with Crippen molar-refractivity contribution in [1.29, 1.82) is 0 Å². The number of thiophene rings is 1. The van der Waals surface area contributed by atoms with Crippen LogP contribution in [0.3, 0.4) is 0 Å². The lowest BCUT2D eigenvalue weighted by atomic mass is 10.0. The third-order valence-corrected chi connectivity index (χ3v) is 4.91. The third kappa shape index (κ3) is 4.12. The average Bonchev–Trinajstić information content (AvgIpc) is 3.40. The van der Waals surface area contributed by atoms with Crippen molar-refractivity contribution in [1.82, 2.24) is 15.5 Å². The first kappa shape index (κ1) is 17.2. The van der Waals surface area contributed by atoms with Crippen LogP contribution in [0.5, 0.6) is 0 Å². The molecule has 4 aromatic rings. The lowest BCUT2D eigenvalue weighted by Gasteiger charge is -2.06. The summed E-state index contributed by atoms with van der Waals surface area (Å²) in [5.74, 6) is 0.907. The first-order valence-electron chi connectivity index (χ1n) is 8.59. The molecule has 0 radical (unpaired) electrons. The molecule has 0 aliphatic rings. The summed E-state index contributed by atoms with van der Waals surface area (Å²) in [4.78, 5) is 13.4. The summed E-state index contributed by atoms with van der Waals surface area (Å²) in [5, 5.41) is 12.9. The molecule has 134 valence electrons. The number of hydrogen-bond donors (Lipinski definition) is 1. The van der Waals surface area contributed by atoms with E-state index in [-0.39, 0.29) is 5.91 Å². The molecule has 0 fully saturated rings. The van der Waals surface area contributed by atoms with E-state index in [0.29, 0.717) is 30.3 Å². The zero-order chi connectivity index (χ0) is 18.5. The van der Waals surface area contributed by atoms with Crippen molar-refractivity contribution in [3.05, 3.63) is 83.6 Å². The van der Waals surface area contributed by atoms with Crippen LogP contribution in [-0.4, -0.2) is 22.6 Å². The van der Waals surface area contributed by atoms with Crippen LogP contribution >= 0.6 is 11.3 Å². The van der Waals surface area contributed by atoms with Crippen molar-refractivity contribution in [3.8, 4) is 21.9 Å². The fraction of sp³-hybridized carbons (Fsp3) is 0.0952. The number of carbonyl (C=O) groups is 1. The van der Waals surface area contributed by atoms with Crippen LogP contribution in [0.2, 0.25) is 0 Å². The second-order valence-corrected chi connectivity index (χ2v) is 6.88. The maximum atomic E-state index is 12.4. The van der Waals surface area contributed by atoms with Gasteiger partial charge in [-0.2, -0.15) is 0 Å². The predicted octanol–water partition coefficient (Wildman–Crippen LogP) is 4.44. The molecule has 2 heterocycles. The average molecular weight is 375 g/mol. The smallest absolute Gasteiger partial charge is 0.257 e. The van der Waals surface area contributed by atoms with Crippen LogP contribution in [0.15, 0.2) is 76.5 Å². The number of carbonyl (C=O) groups excluding carboxylic acids is 1. The largest absolute Gasteiger partial charge is 0.420 e. The fourth-order valence-electron chi connectivity index (χ4n) is 2.71. The first-order valence-corrected chi connectivity index (χ1v) is 9.47. The predicted molar refractivity (Wildman–Crippen MR) is 106 cm³/mol. The molecule has 27 heavy (non-hydrogen) atoms. The highest BCUT2D eigenvalue weighted by Crippen LogP contribution is 2.23. The molecule has 4 rings (SSSR count). The summed E-state index contributed by atoms with van der Waals surface area (Å²) in [5.41, 5.74) is 2.72. The van der Waals surface area contributed by atoms with Gasteiger partial charge in [0.25, 0.3) is 11.8 Å². The lowest BCUT2D eigenvalue weighted by molar-refractivity contribution is 0.0953. The van der Waals surface area contributed by atoms with Gasteiger partial charge in [-0.15, -0.1) is 21.5 Å². The fourth-order valence-corrected chi connectivity index (χ4v) is 3.35. The summed E-state index contributed by atoms with van der Waals surface area (Å²) < 4.78 is 5.63. The van der Waals surface area contributed by atoms with Crippen molar-refractivity contribution in [2.75, 3.05) is 6.54 Å². The molecule has 0 atom stereocenters. The van der Waals surface area contributed by atoms with Crippen LogP contribution in [0, 0.1) is 0 Å². The first-order chi connectivity index (χ1) is 13.3. The molecule has 0 aliphatic heterocycles. The minimum Gasteiger partial charge on any atom is -0.420 e. The van der Waals surface area contributed by atoms with Gasteiger partial charge in [0.15, 0.2) is 0 Å². The Bertz CT molecular complexity index is 1030. The van der Waals surface area contributed by atoms with Crippen molar-refractivity contribution in [3.63, 3.8) is 0 Å². The molecule has 1 amide bonds. The maximum Gasteiger partial charge on any atom is 0.257 e. The van der Waals surface area contributed by atoms with Gasteiger partial charge in [-0.3, -0.25) is 4.79 Å². The van der Waals surface area contributed by atoms with Crippen LogP contribution < -0.4 is 5.32 Å². The molecule has 0 saturated carbocycles. The maximum absolute atomic E-state index is 12.4. The highest BCUT2D eigenvalue weighted by molar-refractivity contribution is 7.13. The van der Waals surface area contributed by atoms with Crippen LogP contribution in [-0.2, 0) is 6.42 Å². The van der Waals surface area contributed by atoms with Gasteiger partial charge in [-0.05, 0) is 34.7 Å². The molecule has 0 bridgehead atoms. The Labute approximate surface area is 160 Å². The molecule has 0 aliphatic carbocycles. The van der Waals surface area contributed by atoms with E-state index >= 15 is 0 Å². The Morgan fingerprint density at radius 2 is 1.81 bits per heavy atom. The standard InChI is InChI=1S/C21H17N3O2S/c25-20(17-9-4-8-16(14-17)15-6-2-1-3-7-15)22-12-11-19-23-24-21(26-19)18-10-5-13-27-18/h1-10,13-14H,11-12H2,(H,22,25). The van der Waals surface area contributed by atoms with Gasteiger partial charge >= 0.3 is 0 Å². The minimum atomic E-state index is -0.120. The Morgan fingerprint density at radius 3 is 2.63 bits per heavy atom. The summed E-state index contributed by atoms with van der Waals surface area (Å²) >= 11 is 1.55. The van der Waals surface area contributed by atoms with Crippen molar-refractivity contribution in [2.24, 2.45) is 0 Å². The topological polar surface area (TPSA) is 68.0 Å². The zero-order valence-electron chi connectivity index (χ0n) is 14.5. The molecular weight excluding hydrogens is 358 g/mol. The highest BCUT2D eigenvalue weighted by atomic mass is 32.1. The number of hydrogen-bond acceptors (Lipinski definition) is 5. The Kier molecular flexibility index (Phi) is 5.07. The van der Waals surface area contributed by atoms with Gasteiger partial charge in [-0.1, -0.05) is 48.5 Å². The molecule has 0 spiro atoms. The molecular formula is C21H17N3O2S. The molecule has 2 aromatic carbocycles. The minimum absolute atomic E-state index is 0.120. The van der Waals surface area contributed by atoms with Crippen molar-refractivity contribution in [2.45, 2.75) is 6.42 Å². The van der Waals surface area contributed by atoms with Crippen LogP contribution in [0.25, 0.3) is 21.9 Å². The van der Waals surface area contributed by atoms with Gasteiger partial charge in [0.05, 0.1) is 4.88 Å². The van der Waals surface area contributed by atoms with Gasteiger partial charge in [0.1, 0.15) is 0 Å². The number of benzene rings is 2. The van der Waals surface area contributed by atoms with Gasteiger partial charge in [0, 0.05) is 18.5 Å². The molecule has 0 unspecified atom stereocenters. The van der Waals surface area contributed by atoms with Gasteiger partial charge < -0.3 is 9.73 Å². The summed E-state index contributed by atoms with van der Waals surface area (Å²) in [7, 11) is 0. The third-order valence-electron chi connectivity index (χ3n) is 4.06. The van der Waals surface area contributed by atoms with E-state index in [1.54, 1.807) is 11.3 Å². The van der Waals surface area contributed by atoms with Crippen molar-refractivity contribution >= 4 is 17.2 Å². The Balaban J connectivity index is 1.36. The van der Waals surface area contributed by atoms with E-state index in [9.17, 15) is 4.79 Å². The molecule has 1 N–H and O–H groups in total. The van der Waals surface area contributed by atoms with E-state index in [0.717, 1.165) is 16.0 Å². The Hall–Kier alpha value is -3.25. The number of nitrogens with zero attached hydrogens (tertiary/aromatic N) is 2. The molecule has 0 saturated heterocycles.